The quantitative estimate of drug-likeness (QED) is 0.625. The highest BCUT2D eigenvalue weighted by molar-refractivity contribution is 5.94. The summed E-state index contributed by atoms with van der Waals surface area (Å²) < 4.78 is 18.2. The highest BCUT2D eigenvalue weighted by Crippen LogP contribution is 2.13. The fourth-order valence-electron chi connectivity index (χ4n) is 2.72. The Morgan fingerprint density at radius 1 is 1.07 bits per heavy atom. The standard InChI is InChI=1S/C22H22FN3O2/c1-28-21-4-2-3-16(11-21)9-10-25-22(27)18-12-20(15-24-14-18)26-13-17-5-7-19(23)8-6-17/h2-8,11-12,14-15,26H,9-10,13H2,1H3,(H,25,27). The van der Waals surface area contributed by atoms with Crippen LogP contribution in [0.4, 0.5) is 10.1 Å². The van der Waals surface area contributed by atoms with Gasteiger partial charge in [0.25, 0.3) is 5.91 Å². The third-order valence-corrected chi connectivity index (χ3v) is 4.24. The lowest BCUT2D eigenvalue weighted by atomic mass is 10.1. The number of halogens is 1. The molecule has 3 rings (SSSR count). The van der Waals surface area contributed by atoms with Crippen LogP contribution in [0.1, 0.15) is 21.5 Å². The van der Waals surface area contributed by atoms with Crippen molar-refractivity contribution in [3.63, 3.8) is 0 Å². The topological polar surface area (TPSA) is 63.2 Å². The molecule has 2 aromatic carbocycles. The van der Waals surface area contributed by atoms with Gasteiger partial charge in [-0.25, -0.2) is 4.39 Å². The van der Waals surface area contributed by atoms with Crippen LogP contribution in [0, 0.1) is 5.82 Å². The zero-order valence-electron chi connectivity index (χ0n) is 15.6. The lowest BCUT2D eigenvalue weighted by Crippen LogP contribution is -2.25. The number of rotatable bonds is 8. The van der Waals surface area contributed by atoms with Gasteiger partial charge in [0.1, 0.15) is 11.6 Å². The summed E-state index contributed by atoms with van der Waals surface area (Å²) in [7, 11) is 1.63. The lowest BCUT2D eigenvalue weighted by molar-refractivity contribution is 0.0954. The van der Waals surface area contributed by atoms with Crippen LogP contribution in [-0.2, 0) is 13.0 Å². The Balaban J connectivity index is 1.52. The summed E-state index contributed by atoms with van der Waals surface area (Å²) in [6, 6.07) is 15.8. The van der Waals surface area contributed by atoms with E-state index >= 15 is 0 Å². The van der Waals surface area contributed by atoms with Crippen molar-refractivity contribution < 1.29 is 13.9 Å². The maximum atomic E-state index is 13.0. The molecule has 0 radical (unpaired) electrons. The molecule has 28 heavy (non-hydrogen) atoms. The number of benzene rings is 2. The fourth-order valence-corrected chi connectivity index (χ4v) is 2.72. The molecule has 0 saturated carbocycles. The number of hydrogen-bond acceptors (Lipinski definition) is 4. The van der Waals surface area contributed by atoms with Gasteiger partial charge in [0.15, 0.2) is 0 Å². The second-order valence-electron chi connectivity index (χ2n) is 6.30. The fraction of sp³-hybridized carbons (Fsp3) is 0.182. The number of amides is 1. The monoisotopic (exact) mass is 379 g/mol. The van der Waals surface area contributed by atoms with Gasteiger partial charge in [0, 0.05) is 25.5 Å². The molecular weight excluding hydrogens is 357 g/mol. The van der Waals surface area contributed by atoms with Gasteiger partial charge in [-0.15, -0.1) is 0 Å². The van der Waals surface area contributed by atoms with Gasteiger partial charge in [0.2, 0.25) is 0 Å². The van der Waals surface area contributed by atoms with Gasteiger partial charge in [-0.2, -0.15) is 0 Å². The first-order valence-corrected chi connectivity index (χ1v) is 8.98. The van der Waals surface area contributed by atoms with E-state index in [1.165, 1.54) is 18.3 Å². The van der Waals surface area contributed by atoms with Crippen LogP contribution < -0.4 is 15.4 Å². The number of anilines is 1. The van der Waals surface area contributed by atoms with E-state index < -0.39 is 0 Å². The van der Waals surface area contributed by atoms with Crippen LogP contribution in [0.3, 0.4) is 0 Å². The number of nitrogens with one attached hydrogen (secondary N) is 2. The highest BCUT2D eigenvalue weighted by Gasteiger charge is 2.07. The van der Waals surface area contributed by atoms with Crippen molar-refractivity contribution in [2.75, 3.05) is 19.0 Å². The predicted octanol–water partition coefficient (Wildman–Crippen LogP) is 3.81. The molecule has 5 nitrogen and oxygen atoms in total. The summed E-state index contributed by atoms with van der Waals surface area (Å²) >= 11 is 0. The Morgan fingerprint density at radius 3 is 2.68 bits per heavy atom. The van der Waals surface area contributed by atoms with Crippen LogP contribution in [0.2, 0.25) is 0 Å². The van der Waals surface area contributed by atoms with E-state index in [1.54, 1.807) is 31.5 Å². The molecule has 1 amide bonds. The minimum Gasteiger partial charge on any atom is -0.497 e. The third kappa shape index (κ3) is 5.54. The summed E-state index contributed by atoms with van der Waals surface area (Å²) in [4.78, 5) is 16.5. The molecule has 1 heterocycles. The Kier molecular flexibility index (Phi) is 6.57. The molecular formula is C22H22FN3O2. The van der Waals surface area contributed by atoms with Crippen molar-refractivity contribution in [1.29, 1.82) is 0 Å². The van der Waals surface area contributed by atoms with Gasteiger partial charge in [-0.05, 0) is 47.9 Å². The maximum absolute atomic E-state index is 13.0. The molecule has 1 aromatic heterocycles. The molecule has 2 N–H and O–H groups in total. The number of pyridine rings is 1. The van der Waals surface area contributed by atoms with Crippen LogP contribution in [0.5, 0.6) is 5.75 Å². The second-order valence-corrected chi connectivity index (χ2v) is 6.30. The third-order valence-electron chi connectivity index (χ3n) is 4.24. The molecule has 3 aromatic rings. The molecule has 0 unspecified atom stereocenters. The van der Waals surface area contributed by atoms with E-state index in [0.29, 0.717) is 25.1 Å². The molecule has 0 saturated heterocycles. The van der Waals surface area contributed by atoms with Gasteiger partial charge in [-0.3, -0.25) is 9.78 Å². The molecule has 0 fully saturated rings. The first-order valence-electron chi connectivity index (χ1n) is 8.98. The smallest absolute Gasteiger partial charge is 0.252 e. The summed E-state index contributed by atoms with van der Waals surface area (Å²) in [5.41, 5.74) is 3.24. The number of ether oxygens (including phenoxy) is 1. The zero-order valence-corrected chi connectivity index (χ0v) is 15.6. The van der Waals surface area contributed by atoms with Crippen molar-refractivity contribution in [3.05, 3.63) is 89.5 Å². The summed E-state index contributed by atoms with van der Waals surface area (Å²) in [5.74, 6) is 0.354. The molecule has 6 heteroatoms. The van der Waals surface area contributed by atoms with E-state index in [9.17, 15) is 9.18 Å². The minimum absolute atomic E-state index is 0.180. The highest BCUT2D eigenvalue weighted by atomic mass is 19.1. The predicted molar refractivity (Wildman–Crippen MR) is 107 cm³/mol. The molecule has 0 atom stereocenters. The Hall–Kier alpha value is -3.41. The SMILES string of the molecule is COc1cccc(CCNC(=O)c2cncc(NCc3ccc(F)cc3)c2)c1. The molecule has 0 aliphatic heterocycles. The number of aromatic nitrogens is 1. The maximum Gasteiger partial charge on any atom is 0.252 e. The number of carbonyl (C=O) groups is 1. The second kappa shape index (κ2) is 9.50. The largest absolute Gasteiger partial charge is 0.497 e. The molecule has 144 valence electrons. The Morgan fingerprint density at radius 2 is 1.89 bits per heavy atom. The van der Waals surface area contributed by atoms with Crippen LogP contribution in [-0.4, -0.2) is 24.5 Å². The van der Waals surface area contributed by atoms with Gasteiger partial charge >= 0.3 is 0 Å². The van der Waals surface area contributed by atoms with E-state index in [2.05, 4.69) is 15.6 Å². The van der Waals surface area contributed by atoms with Gasteiger partial charge < -0.3 is 15.4 Å². The van der Waals surface area contributed by atoms with Crippen LogP contribution >= 0.6 is 0 Å². The molecule has 0 bridgehead atoms. The van der Waals surface area contributed by atoms with Crippen molar-refractivity contribution in [2.45, 2.75) is 13.0 Å². The number of methoxy groups -OCH3 is 1. The number of hydrogen-bond donors (Lipinski definition) is 2. The first kappa shape index (κ1) is 19.4. The van der Waals surface area contributed by atoms with Crippen molar-refractivity contribution in [3.8, 4) is 5.75 Å². The van der Waals surface area contributed by atoms with Gasteiger partial charge in [-0.1, -0.05) is 24.3 Å². The lowest BCUT2D eigenvalue weighted by Gasteiger charge is -2.09. The molecule has 0 aliphatic rings. The summed E-state index contributed by atoms with van der Waals surface area (Å²) in [6.45, 7) is 1.03. The summed E-state index contributed by atoms with van der Waals surface area (Å²) in [5, 5.41) is 6.09. The first-order chi connectivity index (χ1) is 13.6. The van der Waals surface area contributed by atoms with Crippen LogP contribution in [0.15, 0.2) is 67.0 Å². The Bertz CT molecular complexity index is 929. The van der Waals surface area contributed by atoms with Crippen molar-refractivity contribution in [2.24, 2.45) is 0 Å². The average molecular weight is 379 g/mol. The van der Waals surface area contributed by atoms with E-state index in [0.717, 1.165) is 22.6 Å². The van der Waals surface area contributed by atoms with Crippen LogP contribution in [0.25, 0.3) is 0 Å². The molecule has 0 spiro atoms. The van der Waals surface area contributed by atoms with Crippen molar-refractivity contribution >= 4 is 11.6 Å². The minimum atomic E-state index is -0.266. The van der Waals surface area contributed by atoms with Gasteiger partial charge in [0.05, 0.1) is 18.4 Å². The number of nitrogens with zero attached hydrogens (tertiary/aromatic N) is 1. The average Bonchev–Trinajstić information content (AvgIpc) is 2.73. The summed E-state index contributed by atoms with van der Waals surface area (Å²) in [6.07, 6.45) is 3.89. The van der Waals surface area contributed by atoms with E-state index in [-0.39, 0.29) is 11.7 Å². The van der Waals surface area contributed by atoms with Crippen molar-refractivity contribution in [1.82, 2.24) is 10.3 Å². The van der Waals surface area contributed by atoms with E-state index in [4.69, 9.17) is 4.74 Å². The van der Waals surface area contributed by atoms with E-state index in [1.807, 2.05) is 24.3 Å². The molecule has 0 aliphatic carbocycles. The zero-order chi connectivity index (χ0) is 19.8. The Labute approximate surface area is 163 Å². The number of carbonyl (C=O) groups excluding carboxylic acids is 1. The normalized spacial score (nSPS) is 10.4.